The SMILES string of the molecule is Cc1ccc(S(=O)(=O)c2nc(-c3cccs3)oc2NCCCN2CCOCC2)cc1. The summed E-state index contributed by atoms with van der Waals surface area (Å²) < 4.78 is 37.7. The van der Waals surface area contributed by atoms with Gasteiger partial charge >= 0.3 is 0 Å². The average molecular weight is 448 g/mol. The van der Waals surface area contributed by atoms with Crippen LogP contribution >= 0.6 is 11.3 Å². The number of hydrogen-bond donors (Lipinski definition) is 1. The highest BCUT2D eigenvalue weighted by atomic mass is 32.2. The van der Waals surface area contributed by atoms with Crippen LogP contribution < -0.4 is 5.32 Å². The summed E-state index contributed by atoms with van der Waals surface area (Å²) in [6.45, 7) is 6.81. The van der Waals surface area contributed by atoms with Gasteiger partial charge in [-0.1, -0.05) is 23.8 Å². The van der Waals surface area contributed by atoms with Gasteiger partial charge in [0.25, 0.3) is 0 Å². The molecule has 3 heterocycles. The Morgan fingerprint density at radius 2 is 1.93 bits per heavy atom. The Kier molecular flexibility index (Phi) is 6.52. The van der Waals surface area contributed by atoms with Gasteiger partial charge in [0.2, 0.25) is 26.6 Å². The Bertz CT molecular complexity index is 1050. The number of ether oxygens (including phenoxy) is 1. The van der Waals surface area contributed by atoms with Gasteiger partial charge in [0.05, 0.1) is 23.0 Å². The summed E-state index contributed by atoms with van der Waals surface area (Å²) >= 11 is 1.46. The number of aryl methyl sites for hydroxylation is 1. The van der Waals surface area contributed by atoms with E-state index in [-0.39, 0.29) is 15.8 Å². The molecule has 0 saturated carbocycles. The summed E-state index contributed by atoms with van der Waals surface area (Å²) in [5, 5.41) is 5.00. The molecule has 3 aromatic rings. The molecular weight excluding hydrogens is 422 g/mol. The molecule has 0 radical (unpaired) electrons. The first-order valence-electron chi connectivity index (χ1n) is 9.94. The maximum Gasteiger partial charge on any atom is 0.240 e. The molecule has 0 amide bonds. The van der Waals surface area contributed by atoms with E-state index in [9.17, 15) is 8.42 Å². The highest BCUT2D eigenvalue weighted by Crippen LogP contribution is 2.34. The van der Waals surface area contributed by atoms with E-state index in [1.54, 1.807) is 24.3 Å². The van der Waals surface area contributed by atoms with Gasteiger partial charge in [-0.25, -0.2) is 8.42 Å². The average Bonchev–Trinajstić information content (AvgIpc) is 3.42. The molecule has 1 saturated heterocycles. The third-order valence-electron chi connectivity index (χ3n) is 4.95. The van der Waals surface area contributed by atoms with Crippen LogP contribution in [0, 0.1) is 6.92 Å². The molecule has 30 heavy (non-hydrogen) atoms. The van der Waals surface area contributed by atoms with Crippen LogP contribution in [0.25, 0.3) is 10.8 Å². The summed E-state index contributed by atoms with van der Waals surface area (Å²) in [5.41, 5.74) is 0.995. The lowest BCUT2D eigenvalue weighted by Gasteiger charge is -2.26. The number of benzene rings is 1. The number of anilines is 1. The second-order valence-corrected chi connectivity index (χ2v) is 9.99. The van der Waals surface area contributed by atoms with Crippen LogP contribution in [0.2, 0.25) is 0 Å². The molecule has 1 N–H and O–H groups in total. The summed E-state index contributed by atoms with van der Waals surface area (Å²) in [6.07, 6.45) is 0.860. The minimum atomic E-state index is -3.80. The monoisotopic (exact) mass is 447 g/mol. The number of nitrogens with zero attached hydrogens (tertiary/aromatic N) is 2. The fourth-order valence-corrected chi connectivity index (χ4v) is 5.19. The van der Waals surface area contributed by atoms with Crippen molar-refractivity contribution in [3.8, 4) is 10.8 Å². The van der Waals surface area contributed by atoms with Crippen LogP contribution in [-0.4, -0.2) is 57.7 Å². The number of rotatable bonds is 8. The van der Waals surface area contributed by atoms with Gasteiger partial charge in [-0.2, -0.15) is 4.98 Å². The zero-order chi connectivity index (χ0) is 21.0. The van der Waals surface area contributed by atoms with E-state index >= 15 is 0 Å². The third kappa shape index (κ3) is 4.75. The first-order valence-corrected chi connectivity index (χ1v) is 12.3. The molecule has 0 aliphatic carbocycles. The smallest absolute Gasteiger partial charge is 0.240 e. The standard InChI is InChI=1S/C21H25N3O4S2/c1-16-5-7-17(8-6-16)30(25,26)21-20(28-19(23-21)18-4-2-15-29-18)22-9-3-10-24-11-13-27-14-12-24/h2,4-8,15,22H,3,9-14H2,1H3. The lowest BCUT2D eigenvalue weighted by molar-refractivity contribution is 0.0378. The molecule has 0 atom stereocenters. The molecule has 0 unspecified atom stereocenters. The number of oxazole rings is 1. The van der Waals surface area contributed by atoms with Gasteiger partial charge in [0.1, 0.15) is 0 Å². The van der Waals surface area contributed by atoms with Gasteiger partial charge in [0, 0.05) is 19.6 Å². The Balaban J connectivity index is 1.54. The molecule has 7 nitrogen and oxygen atoms in total. The van der Waals surface area contributed by atoms with Crippen molar-refractivity contribution in [3.05, 3.63) is 47.3 Å². The van der Waals surface area contributed by atoms with Crippen molar-refractivity contribution in [3.63, 3.8) is 0 Å². The van der Waals surface area contributed by atoms with E-state index in [0.29, 0.717) is 12.4 Å². The number of hydrogen-bond acceptors (Lipinski definition) is 8. The van der Waals surface area contributed by atoms with Crippen molar-refractivity contribution in [2.75, 3.05) is 44.7 Å². The van der Waals surface area contributed by atoms with Crippen molar-refractivity contribution >= 4 is 27.1 Å². The lowest BCUT2D eigenvalue weighted by atomic mass is 10.2. The Morgan fingerprint density at radius 1 is 1.17 bits per heavy atom. The van der Waals surface area contributed by atoms with Crippen molar-refractivity contribution in [1.82, 2.24) is 9.88 Å². The number of nitrogens with one attached hydrogen (secondary N) is 1. The molecule has 160 valence electrons. The van der Waals surface area contributed by atoms with Gasteiger partial charge < -0.3 is 14.5 Å². The van der Waals surface area contributed by atoms with E-state index in [1.807, 2.05) is 24.4 Å². The van der Waals surface area contributed by atoms with E-state index in [4.69, 9.17) is 9.15 Å². The molecule has 2 aromatic heterocycles. The lowest BCUT2D eigenvalue weighted by Crippen LogP contribution is -2.37. The van der Waals surface area contributed by atoms with E-state index in [2.05, 4.69) is 15.2 Å². The first-order chi connectivity index (χ1) is 14.5. The van der Waals surface area contributed by atoms with Crippen molar-refractivity contribution in [2.45, 2.75) is 23.3 Å². The maximum atomic E-state index is 13.2. The molecule has 1 aliphatic heterocycles. The number of morpholine rings is 1. The second kappa shape index (κ2) is 9.30. The van der Waals surface area contributed by atoms with Crippen LogP contribution in [0.4, 0.5) is 5.88 Å². The third-order valence-corrected chi connectivity index (χ3v) is 7.49. The number of sulfone groups is 1. The molecular formula is C21H25N3O4S2. The number of aromatic nitrogens is 1. The molecule has 4 rings (SSSR count). The normalized spacial score (nSPS) is 15.4. The second-order valence-electron chi connectivity index (χ2n) is 7.18. The molecule has 0 spiro atoms. The molecule has 0 bridgehead atoms. The summed E-state index contributed by atoms with van der Waals surface area (Å²) in [5.74, 6) is 0.507. The fourth-order valence-electron chi connectivity index (χ4n) is 3.26. The highest BCUT2D eigenvalue weighted by molar-refractivity contribution is 7.91. The van der Waals surface area contributed by atoms with Crippen molar-refractivity contribution < 1.29 is 17.6 Å². The van der Waals surface area contributed by atoms with E-state index in [1.165, 1.54) is 11.3 Å². The molecule has 1 fully saturated rings. The van der Waals surface area contributed by atoms with Crippen LogP contribution in [0.15, 0.2) is 56.1 Å². The van der Waals surface area contributed by atoms with E-state index < -0.39 is 9.84 Å². The summed E-state index contributed by atoms with van der Waals surface area (Å²) in [7, 11) is -3.80. The Morgan fingerprint density at radius 3 is 2.63 bits per heavy atom. The van der Waals surface area contributed by atoms with Gasteiger partial charge in [0.15, 0.2) is 0 Å². The van der Waals surface area contributed by atoms with Crippen LogP contribution in [0.1, 0.15) is 12.0 Å². The van der Waals surface area contributed by atoms with Crippen LogP contribution in [0.5, 0.6) is 0 Å². The predicted octanol–water partition coefficient (Wildman–Crippen LogP) is 3.68. The van der Waals surface area contributed by atoms with Crippen molar-refractivity contribution in [1.29, 1.82) is 0 Å². The Hall–Kier alpha value is -2.20. The van der Waals surface area contributed by atoms with Crippen LogP contribution in [-0.2, 0) is 14.6 Å². The van der Waals surface area contributed by atoms with Gasteiger partial charge in [-0.3, -0.25) is 4.90 Å². The van der Waals surface area contributed by atoms with Crippen molar-refractivity contribution in [2.24, 2.45) is 0 Å². The summed E-state index contributed by atoms with van der Waals surface area (Å²) in [6, 6.07) is 10.5. The molecule has 9 heteroatoms. The topological polar surface area (TPSA) is 84.7 Å². The quantitative estimate of drug-likeness (QED) is 0.527. The molecule has 1 aromatic carbocycles. The minimum Gasteiger partial charge on any atom is -0.418 e. The largest absolute Gasteiger partial charge is 0.418 e. The maximum absolute atomic E-state index is 13.2. The molecule has 1 aliphatic rings. The number of thiophene rings is 1. The van der Waals surface area contributed by atoms with Crippen LogP contribution in [0.3, 0.4) is 0 Å². The first kappa shape index (κ1) is 21.0. The van der Waals surface area contributed by atoms with Gasteiger partial charge in [-0.05, 0) is 43.5 Å². The fraction of sp³-hybridized carbons (Fsp3) is 0.381. The van der Waals surface area contributed by atoms with Gasteiger partial charge in [-0.15, -0.1) is 11.3 Å². The minimum absolute atomic E-state index is 0.0684. The summed E-state index contributed by atoms with van der Waals surface area (Å²) in [4.78, 5) is 7.69. The zero-order valence-electron chi connectivity index (χ0n) is 16.8. The highest BCUT2D eigenvalue weighted by Gasteiger charge is 2.28. The Labute approximate surface area is 180 Å². The zero-order valence-corrected chi connectivity index (χ0v) is 18.5. The predicted molar refractivity (Wildman–Crippen MR) is 117 cm³/mol. The van der Waals surface area contributed by atoms with E-state index in [0.717, 1.165) is 49.7 Å².